The van der Waals surface area contributed by atoms with E-state index >= 15 is 0 Å². The van der Waals surface area contributed by atoms with Gasteiger partial charge in [-0.05, 0) is 31.2 Å². The highest BCUT2D eigenvalue weighted by atomic mass is 16.2. The third-order valence-electron chi connectivity index (χ3n) is 3.88. The van der Waals surface area contributed by atoms with Gasteiger partial charge in [0.05, 0.1) is 6.04 Å². The Morgan fingerprint density at radius 1 is 1.10 bits per heavy atom. The van der Waals surface area contributed by atoms with Gasteiger partial charge in [-0.25, -0.2) is 0 Å². The van der Waals surface area contributed by atoms with E-state index < -0.39 is 0 Å². The van der Waals surface area contributed by atoms with Gasteiger partial charge >= 0.3 is 0 Å². The summed E-state index contributed by atoms with van der Waals surface area (Å²) in [7, 11) is 0. The summed E-state index contributed by atoms with van der Waals surface area (Å²) in [5.41, 5.74) is 6.97. The predicted molar refractivity (Wildman–Crippen MR) is 78.5 cm³/mol. The van der Waals surface area contributed by atoms with Gasteiger partial charge in [-0.2, -0.15) is 0 Å². The molecule has 1 aliphatic heterocycles. The number of anilines is 1. The third-order valence-corrected chi connectivity index (χ3v) is 3.88. The van der Waals surface area contributed by atoms with Crippen molar-refractivity contribution in [3.05, 3.63) is 29.8 Å². The SMILES string of the molecule is CC(=O)N1CCN(C(C)C(=O)c2ccc(N)cc2)CC1. The van der Waals surface area contributed by atoms with Gasteiger partial charge in [0.15, 0.2) is 5.78 Å². The molecule has 1 aromatic rings. The largest absolute Gasteiger partial charge is 0.399 e. The van der Waals surface area contributed by atoms with Gasteiger partial charge in [0.1, 0.15) is 0 Å². The molecule has 1 unspecified atom stereocenters. The molecule has 1 fully saturated rings. The van der Waals surface area contributed by atoms with Crippen molar-refractivity contribution >= 4 is 17.4 Å². The van der Waals surface area contributed by atoms with Crippen molar-refractivity contribution in [1.82, 2.24) is 9.80 Å². The van der Waals surface area contributed by atoms with E-state index in [-0.39, 0.29) is 17.7 Å². The summed E-state index contributed by atoms with van der Waals surface area (Å²) in [6.45, 7) is 6.35. The summed E-state index contributed by atoms with van der Waals surface area (Å²) in [5.74, 6) is 0.198. The maximum Gasteiger partial charge on any atom is 0.219 e. The molecule has 1 amide bonds. The first kappa shape index (κ1) is 14.5. The predicted octanol–water partition coefficient (Wildman–Crippen LogP) is 1.00. The monoisotopic (exact) mass is 275 g/mol. The van der Waals surface area contributed by atoms with Gasteiger partial charge in [-0.15, -0.1) is 0 Å². The first-order chi connectivity index (χ1) is 9.49. The fourth-order valence-corrected chi connectivity index (χ4v) is 2.48. The second-order valence-corrected chi connectivity index (χ2v) is 5.20. The number of piperazine rings is 1. The minimum atomic E-state index is -0.173. The summed E-state index contributed by atoms with van der Waals surface area (Å²) >= 11 is 0. The lowest BCUT2D eigenvalue weighted by molar-refractivity contribution is -0.130. The Morgan fingerprint density at radius 3 is 2.15 bits per heavy atom. The number of nitrogens with two attached hydrogens (primary N) is 1. The number of nitrogens with zero attached hydrogens (tertiary/aromatic N) is 2. The molecule has 5 nitrogen and oxygen atoms in total. The summed E-state index contributed by atoms with van der Waals surface area (Å²) in [4.78, 5) is 27.6. The topological polar surface area (TPSA) is 66.6 Å². The number of rotatable bonds is 3. The normalized spacial score (nSPS) is 17.8. The van der Waals surface area contributed by atoms with Crippen molar-refractivity contribution in [2.45, 2.75) is 19.9 Å². The van der Waals surface area contributed by atoms with Crippen molar-refractivity contribution in [3.63, 3.8) is 0 Å². The van der Waals surface area contributed by atoms with Crippen LogP contribution in [0.15, 0.2) is 24.3 Å². The van der Waals surface area contributed by atoms with Crippen LogP contribution in [0.5, 0.6) is 0 Å². The number of ketones is 1. The van der Waals surface area contributed by atoms with Crippen molar-refractivity contribution in [1.29, 1.82) is 0 Å². The Hall–Kier alpha value is -1.88. The summed E-state index contributed by atoms with van der Waals surface area (Å²) < 4.78 is 0. The molecular formula is C15H21N3O2. The molecule has 0 aliphatic carbocycles. The second-order valence-electron chi connectivity index (χ2n) is 5.20. The zero-order chi connectivity index (χ0) is 14.7. The lowest BCUT2D eigenvalue weighted by atomic mass is 10.0. The van der Waals surface area contributed by atoms with Gasteiger partial charge in [0.25, 0.3) is 0 Å². The van der Waals surface area contributed by atoms with Crippen molar-refractivity contribution in [2.75, 3.05) is 31.9 Å². The first-order valence-electron chi connectivity index (χ1n) is 6.88. The standard InChI is InChI=1S/C15H21N3O2/c1-11(15(20)13-3-5-14(16)6-4-13)17-7-9-18(10-8-17)12(2)19/h3-6,11H,7-10,16H2,1-2H3. The average Bonchev–Trinajstić information content (AvgIpc) is 2.46. The molecule has 108 valence electrons. The van der Waals surface area contributed by atoms with Crippen LogP contribution < -0.4 is 5.73 Å². The zero-order valence-electron chi connectivity index (χ0n) is 12.0. The number of Topliss-reactive ketones (excluding diaryl/α,β-unsaturated/α-hetero) is 1. The van der Waals surface area contributed by atoms with Crippen LogP contribution in [-0.2, 0) is 4.79 Å². The molecule has 1 heterocycles. The first-order valence-corrected chi connectivity index (χ1v) is 6.88. The maximum absolute atomic E-state index is 12.4. The van der Waals surface area contributed by atoms with E-state index in [0.29, 0.717) is 24.3 Å². The van der Waals surface area contributed by atoms with Gasteiger partial charge in [0, 0.05) is 44.4 Å². The smallest absolute Gasteiger partial charge is 0.219 e. The molecule has 2 rings (SSSR count). The number of amides is 1. The van der Waals surface area contributed by atoms with E-state index in [1.165, 1.54) is 0 Å². The fourth-order valence-electron chi connectivity index (χ4n) is 2.48. The molecule has 1 aromatic carbocycles. The Balaban J connectivity index is 1.98. The molecule has 0 bridgehead atoms. The van der Waals surface area contributed by atoms with Gasteiger partial charge in [-0.1, -0.05) is 0 Å². The molecule has 20 heavy (non-hydrogen) atoms. The van der Waals surface area contributed by atoms with E-state index in [1.807, 2.05) is 11.8 Å². The molecule has 0 saturated carbocycles. The number of hydrogen-bond donors (Lipinski definition) is 1. The summed E-state index contributed by atoms with van der Waals surface area (Å²) in [6, 6.07) is 6.84. The molecule has 1 saturated heterocycles. The Labute approximate surface area is 119 Å². The zero-order valence-corrected chi connectivity index (χ0v) is 12.0. The Morgan fingerprint density at radius 2 is 1.65 bits per heavy atom. The van der Waals surface area contributed by atoms with Crippen LogP contribution in [0.1, 0.15) is 24.2 Å². The van der Waals surface area contributed by atoms with Gasteiger partial charge < -0.3 is 10.6 Å². The van der Waals surface area contributed by atoms with Crippen LogP contribution in [0, 0.1) is 0 Å². The van der Waals surface area contributed by atoms with Gasteiger partial charge in [0.2, 0.25) is 5.91 Å². The quantitative estimate of drug-likeness (QED) is 0.660. The van der Waals surface area contributed by atoms with Crippen LogP contribution in [0.25, 0.3) is 0 Å². The number of carbonyl (C=O) groups is 2. The molecule has 0 spiro atoms. The highest BCUT2D eigenvalue weighted by Gasteiger charge is 2.26. The van der Waals surface area contributed by atoms with Crippen LogP contribution in [0.4, 0.5) is 5.69 Å². The van der Waals surface area contributed by atoms with Crippen molar-refractivity contribution < 1.29 is 9.59 Å². The Bertz CT molecular complexity index is 490. The molecule has 1 aliphatic rings. The van der Waals surface area contributed by atoms with E-state index in [9.17, 15) is 9.59 Å². The van der Waals surface area contributed by atoms with Crippen molar-refractivity contribution in [2.24, 2.45) is 0 Å². The molecule has 5 heteroatoms. The van der Waals surface area contributed by atoms with Crippen LogP contribution in [-0.4, -0.2) is 53.7 Å². The fraction of sp³-hybridized carbons (Fsp3) is 0.467. The highest BCUT2D eigenvalue weighted by Crippen LogP contribution is 2.13. The highest BCUT2D eigenvalue weighted by molar-refractivity contribution is 6.00. The molecule has 0 radical (unpaired) electrons. The lowest BCUT2D eigenvalue weighted by Gasteiger charge is -2.37. The van der Waals surface area contributed by atoms with Gasteiger partial charge in [-0.3, -0.25) is 14.5 Å². The van der Waals surface area contributed by atoms with Crippen LogP contribution in [0.3, 0.4) is 0 Å². The van der Waals surface area contributed by atoms with E-state index in [0.717, 1.165) is 13.1 Å². The minimum absolute atomic E-state index is 0.0984. The van der Waals surface area contributed by atoms with E-state index in [4.69, 9.17) is 5.73 Å². The minimum Gasteiger partial charge on any atom is -0.399 e. The molecule has 2 N–H and O–H groups in total. The number of benzene rings is 1. The number of nitrogen functional groups attached to an aromatic ring is 1. The molecular weight excluding hydrogens is 254 g/mol. The number of carbonyl (C=O) groups excluding carboxylic acids is 2. The average molecular weight is 275 g/mol. The van der Waals surface area contributed by atoms with Crippen LogP contribution >= 0.6 is 0 Å². The van der Waals surface area contributed by atoms with Crippen molar-refractivity contribution in [3.8, 4) is 0 Å². The Kier molecular flexibility index (Phi) is 4.39. The maximum atomic E-state index is 12.4. The second kappa shape index (κ2) is 6.05. The van der Waals surface area contributed by atoms with Crippen LogP contribution in [0.2, 0.25) is 0 Å². The number of hydrogen-bond acceptors (Lipinski definition) is 4. The lowest BCUT2D eigenvalue weighted by Crippen LogP contribution is -2.52. The summed E-state index contributed by atoms with van der Waals surface area (Å²) in [6.07, 6.45) is 0. The molecule has 1 atom stereocenters. The molecule has 0 aromatic heterocycles. The van der Waals surface area contributed by atoms with E-state index in [1.54, 1.807) is 31.2 Å². The third kappa shape index (κ3) is 3.17. The summed E-state index contributed by atoms with van der Waals surface area (Å²) in [5, 5.41) is 0. The van der Waals surface area contributed by atoms with E-state index in [2.05, 4.69) is 4.90 Å².